The van der Waals surface area contributed by atoms with Gasteiger partial charge in [-0.3, -0.25) is 4.79 Å². The van der Waals surface area contributed by atoms with Gasteiger partial charge in [0.2, 0.25) is 0 Å². The van der Waals surface area contributed by atoms with Gasteiger partial charge in [-0.1, -0.05) is 6.92 Å². The summed E-state index contributed by atoms with van der Waals surface area (Å²) in [6.07, 6.45) is 1.13. The zero-order valence-corrected chi connectivity index (χ0v) is 8.68. The van der Waals surface area contributed by atoms with Gasteiger partial charge in [0, 0.05) is 12.4 Å². The molecule has 0 aromatic rings. The summed E-state index contributed by atoms with van der Waals surface area (Å²) in [7, 11) is 0. The summed E-state index contributed by atoms with van der Waals surface area (Å²) in [4.78, 5) is 10.5. The van der Waals surface area contributed by atoms with Crippen LogP contribution in [0.2, 0.25) is 0 Å². The van der Waals surface area contributed by atoms with Gasteiger partial charge in [0.1, 0.15) is 0 Å². The number of aliphatic carboxylic acids is 1. The maximum Gasteiger partial charge on any atom is 0.307 e. The number of carboxylic acid groups (broad SMARTS) is 1. The van der Waals surface area contributed by atoms with Crippen molar-refractivity contribution in [2.75, 3.05) is 24.7 Å². The Hall–Kier alpha value is -0.220. The summed E-state index contributed by atoms with van der Waals surface area (Å²) in [6.45, 7) is 3.48. The van der Waals surface area contributed by atoms with E-state index >= 15 is 0 Å². The molecule has 1 fully saturated rings. The van der Waals surface area contributed by atoms with Gasteiger partial charge in [-0.2, -0.15) is 11.8 Å². The molecule has 2 atom stereocenters. The highest BCUT2D eigenvalue weighted by molar-refractivity contribution is 7.99. The van der Waals surface area contributed by atoms with E-state index in [4.69, 9.17) is 9.84 Å². The largest absolute Gasteiger partial charge is 0.481 e. The molecule has 2 unspecified atom stereocenters. The van der Waals surface area contributed by atoms with Gasteiger partial charge in [0.15, 0.2) is 0 Å². The number of thioether (sulfide) groups is 1. The first-order chi connectivity index (χ1) is 6.20. The minimum absolute atomic E-state index is 0.229. The summed E-state index contributed by atoms with van der Waals surface area (Å²) in [5, 5.41) is 8.64. The first-order valence-corrected chi connectivity index (χ1v) is 5.74. The second-order valence-electron chi connectivity index (χ2n) is 3.51. The van der Waals surface area contributed by atoms with Crippen molar-refractivity contribution in [1.29, 1.82) is 0 Å². The van der Waals surface area contributed by atoms with E-state index in [1.165, 1.54) is 0 Å². The van der Waals surface area contributed by atoms with Gasteiger partial charge < -0.3 is 9.84 Å². The van der Waals surface area contributed by atoms with Crippen LogP contribution >= 0.6 is 11.8 Å². The van der Waals surface area contributed by atoms with Crippen molar-refractivity contribution in [2.45, 2.75) is 13.3 Å². The molecule has 0 aromatic carbocycles. The quantitative estimate of drug-likeness (QED) is 0.736. The van der Waals surface area contributed by atoms with Crippen molar-refractivity contribution in [3.63, 3.8) is 0 Å². The molecule has 1 rings (SSSR count). The van der Waals surface area contributed by atoms with Crippen LogP contribution in [-0.2, 0) is 9.53 Å². The Kier molecular flexibility index (Phi) is 4.59. The Balaban J connectivity index is 2.02. The average Bonchev–Trinajstić information content (AvgIpc) is 2.56. The molecule has 0 amide bonds. The van der Waals surface area contributed by atoms with E-state index in [-0.39, 0.29) is 5.92 Å². The van der Waals surface area contributed by atoms with Crippen molar-refractivity contribution < 1.29 is 14.6 Å². The number of hydrogen-bond acceptors (Lipinski definition) is 3. The molecule has 1 aliphatic rings. The van der Waals surface area contributed by atoms with Crippen molar-refractivity contribution in [2.24, 2.45) is 11.8 Å². The maximum absolute atomic E-state index is 10.5. The predicted octanol–water partition coefficient (Wildman–Crippen LogP) is 1.48. The van der Waals surface area contributed by atoms with E-state index < -0.39 is 5.97 Å². The molecule has 1 saturated heterocycles. The topological polar surface area (TPSA) is 46.5 Å². The van der Waals surface area contributed by atoms with Crippen LogP contribution in [-0.4, -0.2) is 35.8 Å². The molecule has 1 aliphatic heterocycles. The Morgan fingerprint density at radius 3 is 3.08 bits per heavy atom. The molecule has 76 valence electrons. The van der Waals surface area contributed by atoms with E-state index in [1.807, 2.05) is 0 Å². The average molecular weight is 204 g/mol. The second-order valence-corrected chi connectivity index (χ2v) is 4.58. The third-order valence-electron chi connectivity index (χ3n) is 2.17. The fraction of sp³-hybridized carbons (Fsp3) is 0.889. The molecule has 0 radical (unpaired) electrons. The minimum atomic E-state index is -0.699. The second kappa shape index (κ2) is 5.50. The molecule has 0 aromatic heterocycles. The van der Waals surface area contributed by atoms with Crippen LogP contribution in [0.25, 0.3) is 0 Å². The van der Waals surface area contributed by atoms with Gasteiger partial charge in [-0.05, 0) is 18.1 Å². The maximum atomic E-state index is 10.5. The molecular weight excluding hydrogens is 188 g/mol. The van der Waals surface area contributed by atoms with E-state index in [1.54, 1.807) is 18.7 Å². The highest BCUT2D eigenvalue weighted by atomic mass is 32.2. The lowest BCUT2D eigenvalue weighted by molar-refractivity contribution is -0.140. The van der Waals surface area contributed by atoms with Crippen LogP contribution in [0.5, 0.6) is 0 Å². The summed E-state index contributed by atoms with van der Waals surface area (Å²) >= 11 is 1.73. The number of rotatable bonds is 5. The summed E-state index contributed by atoms with van der Waals surface area (Å²) in [5.41, 5.74) is 0. The lowest BCUT2D eigenvalue weighted by atomic mass is 10.2. The summed E-state index contributed by atoms with van der Waals surface area (Å²) in [5.74, 6) is 1.47. The number of ether oxygens (including phenoxy) is 1. The van der Waals surface area contributed by atoms with Gasteiger partial charge in [0.25, 0.3) is 0 Å². The number of hydrogen-bond donors (Lipinski definition) is 1. The Labute approximate surface area is 82.8 Å². The lowest BCUT2D eigenvalue weighted by Crippen LogP contribution is -2.13. The standard InChI is InChI=1S/C9H16O3S/c1-7(9(10)11)5-13-6-8-2-3-12-4-8/h7-8H,2-6H2,1H3,(H,10,11). The fourth-order valence-corrected chi connectivity index (χ4v) is 2.43. The third-order valence-corrected chi connectivity index (χ3v) is 3.61. The van der Waals surface area contributed by atoms with Crippen molar-refractivity contribution in [3.05, 3.63) is 0 Å². The molecular formula is C9H16O3S. The first kappa shape index (κ1) is 10.9. The molecule has 0 saturated carbocycles. The third kappa shape index (κ3) is 4.00. The van der Waals surface area contributed by atoms with Crippen LogP contribution in [0, 0.1) is 11.8 Å². The molecule has 3 nitrogen and oxygen atoms in total. The van der Waals surface area contributed by atoms with E-state index in [0.717, 1.165) is 25.4 Å². The minimum Gasteiger partial charge on any atom is -0.481 e. The molecule has 4 heteroatoms. The van der Waals surface area contributed by atoms with Crippen molar-refractivity contribution in [1.82, 2.24) is 0 Å². The van der Waals surface area contributed by atoms with Gasteiger partial charge in [-0.15, -0.1) is 0 Å². The molecule has 0 bridgehead atoms. The summed E-state index contributed by atoms with van der Waals surface area (Å²) in [6, 6.07) is 0. The first-order valence-electron chi connectivity index (χ1n) is 4.58. The Bertz CT molecular complexity index is 166. The molecule has 1 N–H and O–H groups in total. The zero-order chi connectivity index (χ0) is 9.68. The van der Waals surface area contributed by atoms with Crippen LogP contribution < -0.4 is 0 Å². The number of carbonyl (C=O) groups is 1. The van der Waals surface area contributed by atoms with Crippen LogP contribution in [0.4, 0.5) is 0 Å². The van der Waals surface area contributed by atoms with E-state index in [2.05, 4.69) is 0 Å². The summed E-state index contributed by atoms with van der Waals surface area (Å²) < 4.78 is 5.23. The van der Waals surface area contributed by atoms with E-state index in [9.17, 15) is 4.79 Å². The van der Waals surface area contributed by atoms with Crippen molar-refractivity contribution >= 4 is 17.7 Å². The normalized spacial score (nSPS) is 24.5. The Morgan fingerprint density at radius 2 is 2.54 bits per heavy atom. The van der Waals surface area contributed by atoms with Gasteiger partial charge in [-0.25, -0.2) is 0 Å². The zero-order valence-electron chi connectivity index (χ0n) is 7.86. The van der Waals surface area contributed by atoms with Crippen LogP contribution in [0.15, 0.2) is 0 Å². The molecule has 13 heavy (non-hydrogen) atoms. The van der Waals surface area contributed by atoms with Crippen LogP contribution in [0.1, 0.15) is 13.3 Å². The molecule has 0 aliphatic carbocycles. The molecule has 1 heterocycles. The molecule has 0 spiro atoms. The monoisotopic (exact) mass is 204 g/mol. The van der Waals surface area contributed by atoms with Gasteiger partial charge >= 0.3 is 5.97 Å². The SMILES string of the molecule is CC(CSCC1CCOC1)C(=O)O. The van der Waals surface area contributed by atoms with Crippen LogP contribution in [0.3, 0.4) is 0 Å². The fourth-order valence-electron chi connectivity index (χ4n) is 1.20. The number of carboxylic acids is 1. The predicted molar refractivity (Wildman–Crippen MR) is 53.1 cm³/mol. The van der Waals surface area contributed by atoms with E-state index in [0.29, 0.717) is 11.7 Å². The Morgan fingerprint density at radius 1 is 1.77 bits per heavy atom. The lowest BCUT2D eigenvalue weighted by Gasteiger charge is -2.08. The smallest absolute Gasteiger partial charge is 0.307 e. The van der Waals surface area contributed by atoms with Gasteiger partial charge in [0.05, 0.1) is 12.5 Å². The highest BCUT2D eigenvalue weighted by Crippen LogP contribution is 2.19. The van der Waals surface area contributed by atoms with Crippen molar-refractivity contribution in [3.8, 4) is 0 Å². The highest BCUT2D eigenvalue weighted by Gasteiger charge is 2.17.